The molecule has 4 heteroatoms. The Labute approximate surface area is 119 Å². The number of aryl methyl sites for hydroxylation is 1. The van der Waals surface area contributed by atoms with E-state index in [2.05, 4.69) is 30.2 Å². The zero-order chi connectivity index (χ0) is 13.4. The van der Waals surface area contributed by atoms with E-state index in [0.29, 0.717) is 18.2 Å². The molecule has 2 N–H and O–H groups in total. The third-order valence-electron chi connectivity index (χ3n) is 4.51. The van der Waals surface area contributed by atoms with Gasteiger partial charge in [-0.15, -0.1) is 11.3 Å². The molecule has 4 unspecified atom stereocenters. The van der Waals surface area contributed by atoms with Crippen molar-refractivity contribution in [2.24, 2.45) is 5.73 Å². The Morgan fingerprint density at radius 1 is 1.42 bits per heavy atom. The Balaban J connectivity index is 1.85. The Hall–Kier alpha value is -0.420. The van der Waals surface area contributed by atoms with Gasteiger partial charge in [0.25, 0.3) is 0 Å². The maximum Gasteiger partial charge on any atom is 0.0707 e. The monoisotopic (exact) mass is 280 g/mol. The first-order valence-electron chi connectivity index (χ1n) is 7.38. The van der Waals surface area contributed by atoms with Gasteiger partial charge in [0.15, 0.2) is 0 Å². The molecule has 2 aliphatic heterocycles. The summed E-state index contributed by atoms with van der Waals surface area (Å²) >= 11 is 1.86. The number of hydrogen-bond donors (Lipinski definition) is 1. The number of thiophene rings is 1. The second-order valence-corrected chi connectivity index (χ2v) is 6.84. The van der Waals surface area contributed by atoms with Gasteiger partial charge in [-0.2, -0.15) is 0 Å². The van der Waals surface area contributed by atoms with Crippen LogP contribution in [0, 0.1) is 6.92 Å². The molecule has 19 heavy (non-hydrogen) atoms. The van der Waals surface area contributed by atoms with Crippen LogP contribution in [0.25, 0.3) is 0 Å². The summed E-state index contributed by atoms with van der Waals surface area (Å²) < 4.78 is 5.96. The molecule has 2 saturated heterocycles. The van der Waals surface area contributed by atoms with Crippen molar-refractivity contribution in [3.05, 3.63) is 21.9 Å². The minimum absolute atomic E-state index is 0.217. The fourth-order valence-electron chi connectivity index (χ4n) is 3.42. The van der Waals surface area contributed by atoms with E-state index in [0.717, 1.165) is 19.5 Å². The number of hydrogen-bond acceptors (Lipinski definition) is 4. The van der Waals surface area contributed by atoms with Gasteiger partial charge in [-0.25, -0.2) is 0 Å². The van der Waals surface area contributed by atoms with Crippen LogP contribution in [0.15, 0.2) is 11.4 Å². The van der Waals surface area contributed by atoms with Gasteiger partial charge < -0.3 is 10.5 Å². The van der Waals surface area contributed by atoms with E-state index < -0.39 is 0 Å². The van der Waals surface area contributed by atoms with E-state index in [1.54, 1.807) is 0 Å². The quantitative estimate of drug-likeness (QED) is 0.921. The molecular formula is C15H24N2OS. The minimum atomic E-state index is 0.217. The second-order valence-electron chi connectivity index (χ2n) is 5.90. The highest BCUT2D eigenvalue weighted by Crippen LogP contribution is 2.36. The molecular weight excluding hydrogens is 256 g/mol. The molecule has 1 aromatic heterocycles. The van der Waals surface area contributed by atoms with E-state index in [9.17, 15) is 0 Å². The van der Waals surface area contributed by atoms with Crippen molar-refractivity contribution in [3.8, 4) is 0 Å². The van der Waals surface area contributed by atoms with Crippen molar-refractivity contribution in [1.82, 2.24) is 4.90 Å². The lowest BCUT2D eigenvalue weighted by atomic mass is 9.99. The maximum atomic E-state index is 6.44. The predicted octanol–water partition coefficient (Wildman–Crippen LogP) is 2.70. The molecule has 0 aromatic carbocycles. The number of morpholine rings is 1. The summed E-state index contributed by atoms with van der Waals surface area (Å²) in [5.74, 6) is 0. The highest BCUT2D eigenvalue weighted by atomic mass is 32.1. The molecule has 0 aliphatic carbocycles. The SMILES string of the molecule is CCC(N)C(c1sccc1C)N1CC2CCC(C1)O2. The summed E-state index contributed by atoms with van der Waals surface area (Å²) in [5.41, 5.74) is 7.83. The van der Waals surface area contributed by atoms with Gasteiger partial charge in [0, 0.05) is 24.0 Å². The number of rotatable bonds is 4. The van der Waals surface area contributed by atoms with Crippen LogP contribution >= 0.6 is 11.3 Å². The maximum absolute atomic E-state index is 6.44. The molecule has 106 valence electrons. The van der Waals surface area contributed by atoms with Gasteiger partial charge in [0.1, 0.15) is 0 Å². The number of ether oxygens (including phenoxy) is 1. The standard InChI is InChI=1S/C15H24N2OS/c1-3-13(16)14(15-10(2)6-7-19-15)17-8-11-4-5-12(9-17)18-11/h6-7,11-14H,3-5,8-9,16H2,1-2H3. The molecule has 3 nitrogen and oxygen atoms in total. The third-order valence-corrected chi connectivity index (χ3v) is 5.60. The molecule has 3 heterocycles. The van der Waals surface area contributed by atoms with Gasteiger partial charge in [0.05, 0.1) is 18.2 Å². The van der Waals surface area contributed by atoms with Crippen molar-refractivity contribution in [1.29, 1.82) is 0 Å². The highest BCUT2D eigenvalue weighted by Gasteiger charge is 2.39. The molecule has 2 bridgehead atoms. The van der Waals surface area contributed by atoms with Crippen LogP contribution in [-0.4, -0.2) is 36.2 Å². The Morgan fingerprint density at radius 2 is 2.11 bits per heavy atom. The van der Waals surface area contributed by atoms with Gasteiger partial charge in [-0.05, 0) is 43.2 Å². The van der Waals surface area contributed by atoms with Gasteiger partial charge >= 0.3 is 0 Å². The molecule has 0 saturated carbocycles. The van der Waals surface area contributed by atoms with Crippen LogP contribution in [0.3, 0.4) is 0 Å². The number of nitrogens with two attached hydrogens (primary N) is 1. The van der Waals surface area contributed by atoms with Crippen molar-refractivity contribution in [3.63, 3.8) is 0 Å². The van der Waals surface area contributed by atoms with Gasteiger partial charge in [-0.3, -0.25) is 4.90 Å². The summed E-state index contributed by atoms with van der Waals surface area (Å²) in [5, 5.41) is 2.19. The van der Waals surface area contributed by atoms with Crippen molar-refractivity contribution >= 4 is 11.3 Å². The fourth-order valence-corrected chi connectivity index (χ4v) is 4.55. The number of nitrogens with zero attached hydrogens (tertiary/aromatic N) is 1. The summed E-state index contributed by atoms with van der Waals surface area (Å²) in [7, 11) is 0. The lowest BCUT2D eigenvalue weighted by molar-refractivity contribution is -0.0564. The molecule has 2 fully saturated rings. The molecule has 0 spiro atoms. The smallest absolute Gasteiger partial charge is 0.0707 e. The van der Waals surface area contributed by atoms with Crippen molar-refractivity contribution in [2.75, 3.05) is 13.1 Å². The molecule has 0 amide bonds. The molecule has 2 aliphatic rings. The zero-order valence-electron chi connectivity index (χ0n) is 11.8. The van der Waals surface area contributed by atoms with E-state index in [4.69, 9.17) is 10.5 Å². The van der Waals surface area contributed by atoms with Crippen LogP contribution < -0.4 is 5.73 Å². The molecule has 4 atom stereocenters. The normalized spacial score (nSPS) is 30.5. The summed E-state index contributed by atoms with van der Waals surface area (Å²) in [6.07, 6.45) is 4.34. The summed E-state index contributed by atoms with van der Waals surface area (Å²) in [4.78, 5) is 4.04. The summed E-state index contributed by atoms with van der Waals surface area (Å²) in [6, 6.07) is 2.80. The Kier molecular flexibility index (Phi) is 3.94. The van der Waals surface area contributed by atoms with E-state index in [-0.39, 0.29) is 6.04 Å². The third kappa shape index (κ3) is 2.59. The van der Waals surface area contributed by atoms with Gasteiger partial charge in [0.2, 0.25) is 0 Å². The largest absolute Gasteiger partial charge is 0.372 e. The molecule has 0 radical (unpaired) electrons. The van der Waals surface area contributed by atoms with Crippen LogP contribution in [-0.2, 0) is 4.74 Å². The van der Waals surface area contributed by atoms with Gasteiger partial charge in [-0.1, -0.05) is 6.92 Å². The predicted molar refractivity (Wildman–Crippen MR) is 79.5 cm³/mol. The van der Waals surface area contributed by atoms with Crippen LogP contribution in [0.5, 0.6) is 0 Å². The molecule has 3 rings (SSSR count). The minimum Gasteiger partial charge on any atom is -0.372 e. The Morgan fingerprint density at radius 3 is 2.63 bits per heavy atom. The van der Waals surface area contributed by atoms with Crippen LogP contribution in [0.2, 0.25) is 0 Å². The zero-order valence-corrected chi connectivity index (χ0v) is 12.7. The average Bonchev–Trinajstić information content (AvgIpc) is 2.96. The summed E-state index contributed by atoms with van der Waals surface area (Å²) in [6.45, 7) is 6.49. The average molecular weight is 280 g/mol. The number of fused-ring (bicyclic) bond motifs is 2. The molecule has 1 aromatic rings. The fraction of sp³-hybridized carbons (Fsp3) is 0.733. The van der Waals surface area contributed by atoms with Crippen LogP contribution in [0.1, 0.15) is 42.7 Å². The van der Waals surface area contributed by atoms with E-state index >= 15 is 0 Å². The number of likely N-dealkylation sites (tertiary alicyclic amines) is 1. The highest BCUT2D eigenvalue weighted by molar-refractivity contribution is 7.10. The van der Waals surface area contributed by atoms with Crippen molar-refractivity contribution in [2.45, 2.75) is 57.4 Å². The van der Waals surface area contributed by atoms with Crippen molar-refractivity contribution < 1.29 is 4.74 Å². The topological polar surface area (TPSA) is 38.5 Å². The van der Waals surface area contributed by atoms with E-state index in [1.165, 1.54) is 23.3 Å². The first kappa shape index (κ1) is 13.6. The lowest BCUT2D eigenvalue weighted by Crippen LogP contribution is -2.49. The van der Waals surface area contributed by atoms with E-state index in [1.807, 2.05) is 11.3 Å². The Bertz CT molecular complexity index is 422. The lowest BCUT2D eigenvalue weighted by Gasteiger charge is -2.40. The first-order valence-corrected chi connectivity index (χ1v) is 8.26. The van der Waals surface area contributed by atoms with Crippen LogP contribution in [0.4, 0.5) is 0 Å². The second kappa shape index (κ2) is 5.52. The first-order chi connectivity index (χ1) is 9.19.